The van der Waals surface area contributed by atoms with Gasteiger partial charge in [-0.1, -0.05) is 11.6 Å². The number of piperidine rings is 1. The van der Waals surface area contributed by atoms with Crippen LogP contribution in [-0.2, 0) is 11.3 Å². The first-order chi connectivity index (χ1) is 9.47. The fourth-order valence-corrected chi connectivity index (χ4v) is 2.75. The molecule has 1 aromatic carbocycles. The average molecular weight is 297 g/mol. The molecule has 0 amide bonds. The Bertz CT molecular complexity index is 525. The van der Waals surface area contributed by atoms with Crippen molar-refractivity contribution in [2.45, 2.75) is 26.3 Å². The minimum atomic E-state index is -0.399. The Morgan fingerprint density at radius 1 is 1.45 bits per heavy atom. The number of carbonyl (C=O) groups is 1. The molecule has 1 aromatic rings. The Morgan fingerprint density at radius 3 is 2.65 bits per heavy atom. The van der Waals surface area contributed by atoms with Gasteiger partial charge in [-0.2, -0.15) is 0 Å². The van der Waals surface area contributed by atoms with E-state index in [0.29, 0.717) is 17.1 Å². The molecule has 0 atom stereocenters. The summed E-state index contributed by atoms with van der Waals surface area (Å²) in [5.74, 6) is 0.383. The molecular weight excluding hydrogens is 280 g/mol. The maximum Gasteiger partial charge on any atom is 0.275 e. The molecule has 0 saturated carbocycles. The lowest BCUT2D eigenvalue weighted by Gasteiger charge is -2.30. The van der Waals surface area contributed by atoms with Gasteiger partial charge in [0, 0.05) is 29.1 Å². The number of nitro groups is 1. The number of rotatable bonds is 4. The van der Waals surface area contributed by atoms with E-state index in [2.05, 4.69) is 4.90 Å². The molecule has 1 aliphatic rings. The van der Waals surface area contributed by atoms with Crippen LogP contribution >= 0.6 is 11.6 Å². The van der Waals surface area contributed by atoms with Crippen LogP contribution in [0.25, 0.3) is 0 Å². The van der Waals surface area contributed by atoms with Gasteiger partial charge in [0.25, 0.3) is 5.69 Å². The summed E-state index contributed by atoms with van der Waals surface area (Å²) in [6, 6.07) is 4.77. The highest BCUT2D eigenvalue weighted by molar-refractivity contribution is 6.30. The van der Waals surface area contributed by atoms with E-state index in [1.54, 1.807) is 19.1 Å². The van der Waals surface area contributed by atoms with Crippen LogP contribution in [-0.4, -0.2) is 28.7 Å². The summed E-state index contributed by atoms with van der Waals surface area (Å²) in [6.07, 6.45) is 1.66. The zero-order valence-corrected chi connectivity index (χ0v) is 12.1. The van der Waals surface area contributed by atoms with Crippen LogP contribution in [0.15, 0.2) is 18.2 Å². The lowest BCUT2D eigenvalue weighted by molar-refractivity contribution is -0.385. The third-order valence-corrected chi connectivity index (χ3v) is 4.04. The van der Waals surface area contributed by atoms with Gasteiger partial charge in [-0.25, -0.2) is 0 Å². The number of nitrogens with zero attached hydrogens (tertiary/aromatic N) is 2. The largest absolute Gasteiger partial charge is 0.300 e. The minimum Gasteiger partial charge on any atom is -0.300 e. The average Bonchev–Trinajstić information content (AvgIpc) is 2.41. The number of halogens is 1. The van der Waals surface area contributed by atoms with E-state index in [-0.39, 0.29) is 17.4 Å². The van der Waals surface area contributed by atoms with E-state index in [1.807, 2.05) is 0 Å². The molecule has 108 valence electrons. The number of Topliss-reactive ketones (excluding diaryl/α,β-unsaturated/α-hetero) is 1. The molecule has 0 aliphatic carbocycles. The molecule has 1 saturated heterocycles. The lowest BCUT2D eigenvalue weighted by atomic mass is 9.93. The van der Waals surface area contributed by atoms with E-state index in [9.17, 15) is 14.9 Å². The van der Waals surface area contributed by atoms with Gasteiger partial charge in [0.15, 0.2) is 0 Å². The van der Waals surface area contributed by atoms with E-state index in [0.717, 1.165) is 25.9 Å². The highest BCUT2D eigenvalue weighted by Crippen LogP contribution is 2.26. The SMILES string of the molecule is CC(=O)C1CCN(Cc2ccc(Cl)cc2[N+](=O)[O-])CC1. The van der Waals surface area contributed by atoms with Gasteiger partial charge in [-0.3, -0.25) is 19.8 Å². The molecule has 1 aliphatic heterocycles. The number of hydrogen-bond acceptors (Lipinski definition) is 4. The van der Waals surface area contributed by atoms with Gasteiger partial charge < -0.3 is 0 Å². The van der Waals surface area contributed by atoms with Crippen LogP contribution < -0.4 is 0 Å². The first-order valence-corrected chi connectivity index (χ1v) is 7.01. The van der Waals surface area contributed by atoms with Crippen LogP contribution in [0.2, 0.25) is 5.02 Å². The van der Waals surface area contributed by atoms with Crippen LogP contribution in [0.5, 0.6) is 0 Å². The lowest BCUT2D eigenvalue weighted by Crippen LogP contribution is -2.35. The quantitative estimate of drug-likeness (QED) is 0.633. The number of benzene rings is 1. The van der Waals surface area contributed by atoms with Crippen molar-refractivity contribution in [1.82, 2.24) is 4.90 Å². The van der Waals surface area contributed by atoms with E-state index in [1.165, 1.54) is 6.07 Å². The fraction of sp³-hybridized carbons (Fsp3) is 0.500. The predicted octanol–water partition coefficient (Wildman–Crippen LogP) is 3.05. The van der Waals surface area contributed by atoms with Gasteiger partial charge in [0.05, 0.1) is 4.92 Å². The fourth-order valence-electron chi connectivity index (χ4n) is 2.58. The summed E-state index contributed by atoms with van der Waals surface area (Å²) in [5, 5.41) is 11.4. The minimum absolute atomic E-state index is 0.0613. The molecule has 0 radical (unpaired) electrons. The number of nitro benzene ring substituents is 1. The number of hydrogen-bond donors (Lipinski definition) is 0. The second-order valence-electron chi connectivity index (χ2n) is 5.19. The summed E-state index contributed by atoms with van der Waals surface area (Å²) in [6.45, 7) is 3.75. The van der Waals surface area contributed by atoms with Gasteiger partial charge >= 0.3 is 0 Å². The highest BCUT2D eigenvalue weighted by Gasteiger charge is 2.24. The van der Waals surface area contributed by atoms with Crippen molar-refractivity contribution in [2.24, 2.45) is 5.92 Å². The van der Waals surface area contributed by atoms with Crippen LogP contribution in [0.1, 0.15) is 25.3 Å². The molecular formula is C14H17ClN2O3. The van der Waals surface area contributed by atoms with E-state index < -0.39 is 4.92 Å². The second-order valence-corrected chi connectivity index (χ2v) is 5.63. The van der Waals surface area contributed by atoms with Crippen molar-refractivity contribution in [2.75, 3.05) is 13.1 Å². The van der Waals surface area contributed by atoms with Crippen molar-refractivity contribution in [3.63, 3.8) is 0 Å². The Balaban J connectivity index is 2.04. The molecule has 0 bridgehead atoms. The molecule has 0 aromatic heterocycles. The van der Waals surface area contributed by atoms with Gasteiger partial charge in [-0.15, -0.1) is 0 Å². The van der Waals surface area contributed by atoms with Gasteiger partial charge in [-0.05, 0) is 45.0 Å². The summed E-state index contributed by atoms with van der Waals surface area (Å²) >= 11 is 5.80. The van der Waals surface area contributed by atoms with E-state index >= 15 is 0 Å². The first kappa shape index (κ1) is 14.9. The molecule has 0 unspecified atom stereocenters. The monoisotopic (exact) mass is 296 g/mol. The summed E-state index contributed by atoms with van der Waals surface area (Å²) in [5.41, 5.74) is 0.729. The highest BCUT2D eigenvalue weighted by atomic mass is 35.5. The van der Waals surface area contributed by atoms with Crippen LogP contribution in [0, 0.1) is 16.0 Å². The number of carbonyl (C=O) groups excluding carboxylic acids is 1. The van der Waals surface area contributed by atoms with Gasteiger partial charge in [0.1, 0.15) is 5.78 Å². The topological polar surface area (TPSA) is 63.5 Å². The maximum absolute atomic E-state index is 11.3. The number of likely N-dealkylation sites (tertiary alicyclic amines) is 1. The summed E-state index contributed by atoms with van der Waals surface area (Å²) in [7, 11) is 0. The van der Waals surface area contributed by atoms with Crippen molar-refractivity contribution in [3.8, 4) is 0 Å². The molecule has 2 rings (SSSR count). The Kier molecular flexibility index (Phi) is 4.73. The number of ketones is 1. The molecule has 1 fully saturated rings. The van der Waals surface area contributed by atoms with Crippen LogP contribution in [0.3, 0.4) is 0 Å². The smallest absolute Gasteiger partial charge is 0.275 e. The molecule has 0 spiro atoms. The van der Waals surface area contributed by atoms with Crippen molar-refractivity contribution in [1.29, 1.82) is 0 Å². The summed E-state index contributed by atoms with van der Waals surface area (Å²) < 4.78 is 0. The zero-order chi connectivity index (χ0) is 14.7. The molecule has 0 N–H and O–H groups in total. The zero-order valence-electron chi connectivity index (χ0n) is 11.3. The normalized spacial score (nSPS) is 17.1. The Morgan fingerprint density at radius 2 is 2.10 bits per heavy atom. The molecule has 20 heavy (non-hydrogen) atoms. The molecule has 6 heteroatoms. The van der Waals surface area contributed by atoms with E-state index in [4.69, 9.17) is 11.6 Å². The predicted molar refractivity (Wildman–Crippen MR) is 76.8 cm³/mol. The first-order valence-electron chi connectivity index (χ1n) is 6.63. The van der Waals surface area contributed by atoms with Crippen molar-refractivity contribution in [3.05, 3.63) is 38.9 Å². The third-order valence-electron chi connectivity index (χ3n) is 3.80. The van der Waals surface area contributed by atoms with Crippen LogP contribution in [0.4, 0.5) is 5.69 Å². The van der Waals surface area contributed by atoms with Crippen molar-refractivity contribution >= 4 is 23.1 Å². The van der Waals surface area contributed by atoms with Crippen molar-refractivity contribution < 1.29 is 9.72 Å². The van der Waals surface area contributed by atoms with Gasteiger partial charge in [0.2, 0.25) is 0 Å². The molecule has 5 nitrogen and oxygen atoms in total. The standard InChI is InChI=1S/C14H17ClN2O3/c1-10(18)11-4-6-16(7-5-11)9-12-2-3-13(15)8-14(12)17(19)20/h2-3,8,11H,4-7,9H2,1H3. The second kappa shape index (κ2) is 6.33. The third kappa shape index (κ3) is 3.55. The summed E-state index contributed by atoms with van der Waals surface area (Å²) in [4.78, 5) is 24.1. The Labute approximate surface area is 122 Å². The molecule has 1 heterocycles. The Hall–Kier alpha value is -1.46. The maximum atomic E-state index is 11.3.